The van der Waals surface area contributed by atoms with E-state index in [-0.39, 0.29) is 5.91 Å². The van der Waals surface area contributed by atoms with Gasteiger partial charge in [-0.25, -0.2) is 9.97 Å². The van der Waals surface area contributed by atoms with Gasteiger partial charge in [-0.15, -0.1) is 0 Å². The molecule has 144 valence electrons. The molecule has 6 nitrogen and oxygen atoms in total. The summed E-state index contributed by atoms with van der Waals surface area (Å²) in [5.74, 6) is 1.29. The van der Waals surface area contributed by atoms with E-state index in [1.165, 1.54) is 11.8 Å². The summed E-state index contributed by atoms with van der Waals surface area (Å²) in [6.07, 6.45) is 4.65. The third kappa shape index (κ3) is 5.54. The number of aromatic nitrogens is 2. The molecule has 0 aliphatic carbocycles. The van der Waals surface area contributed by atoms with Gasteiger partial charge in [0.05, 0.1) is 19.5 Å². The van der Waals surface area contributed by atoms with Crippen LogP contribution < -0.4 is 15.4 Å². The fourth-order valence-electron chi connectivity index (χ4n) is 2.83. The first-order valence-electron chi connectivity index (χ1n) is 9.26. The van der Waals surface area contributed by atoms with Crippen LogP contribution in [0.25, 0.3) is 0 Å². The van der Waals surface area contributed by atoms with E-state index in [9.17, 15) is 4.79 Å². The fourth-order valence-corrected chi connectivity index (χ4v) is 2.83. The number of methoxy groups -OCH3 is 1. The Labute approximate surface area is 165 Å². The van der Waals surface area contributed by atoms with Gasteiger partial charge in [-0.2, -0.15) is 0 Å². The van der Waals surface area contributed by atoms with Gasteiger partial charge in [-0.1, -0.05) is 48.5 Å². The first-order chi connectivity index (χ1) is 13.8. The zero-order valence-electron chi connectivity index (χ0n) is 15.9. The minimum absolute atomic E-state index is 0.219. The summed E-state index contributed by atoms with van der Waals surface area (Å²) in [6, 6.07) is 18.0. The summed E-state index contributed by atoms with van der Waals surface area (Å²) >= 11 is 0. The predicted molar refractivity (Wildman–Crippen MR) is 110 cm³/mol. The molecule has 2 aromatic carbocycles. The first-order valence-corrected chi connectivity index (χ1v) is 9.26. The van der Waals surface area contributed by atoms with Crippen LogP contribution in [0.1, 0.15) is 21.6 Å². The van der Waals surface area contributed by atoms with E-state index in [0.717, 1.165) is 24.2 Å². The molecule has 0 bridgehead atoms. The smallest absolute Gasteiger partial charge is 0.271 e. The second-order valence-corrected chi connectivity index (χ2v) is 6.27. The Morgan fingerprint density at radius 3 is 2.46 bits per heavy atom. The number of nitrogens with zero attached hydrogens (tertiary/aromatic N) is 2. The molecule has 1 aromatic heterocycles. The number of amides is 1. The summed E-state index contributed by atoms with van der Waals surface area (Å²) in [4.78, 5) is 20.6. The molecule has 0 fully saturated rings. The number of nitrogens with one attached hydrogen (secondary N) is 2. The molecule has 0 saturated carbocycles. The Balaban J connectivity index is 1.44. The number of benzene rings is 2. The Morgan fingerprint density at radius 1 is 0.929 bits per heavy atom. The van der Waals surface area contributed by atoms with Crippen molar-refractivity contribution in [1.82, 2.24) is 15.3 Å². The highest BCUT2D eigenvalue weighted by molar-refractivity contribution is 5.91. The topological polar surface area (TPSA) is 76.1 Å². The van der Waals surface area contributed by atoms with Gasteiger partial charge in [0.15, 0.2) is 0 Å². The van der Waals surface area contributed by atoms with Gasteiger partial charge in [0, 0.05) is 13.1 Å². The molecule has 1 amide bonds. The van der Waals surface area contributed by atoms with Crippen LogP contribution >= 0.6 is 0 Å². The first kappa shape index (κ1) is 19.4. The van der Waals surface area contributed by atoms with Crippen LogP contribution in [0.3, 0.4) is 0 Å². The number of rotatable bonds is 9. The van der Waals surface area contributed by atoms with Crippen molar-refractivity contribution in [2.45, 2.75) is 12.8 Å². The van der Waals surface area contributed by atoms with Crippen LogP contribution in [0.15, 0.2) is 67.0 Å². The summed E-state index contributed by atoms with van der Waals surface area (Å²) in [5, 5.41) is 6.08. The fraction of sp³-hybridized carbons (Fsp3) is 0.227. The Hall–Kier alpha value is -3.41. The van der Waals surface area contributed by atoms with Crippen LogP contribution in [-0.2, 0) is 12.8 Å². The third-order valence-electron chi connectivity index (χ3n) is 4.32. The number of carbonyl (C=O) groups excluding carboxylic acids is 1. The van der Waals surface area contributed by atoms with Crippen molar-refractivity contribution in [2.75, 3.05) is 25.5 Å². The maximum Gasteiger partial charge on any atom is 0.271 e. The van der Waals surface area contributed by atoms with Crippen molar-refractivity contribution in [3.8, 4) is 5.75 Å². The largest absolute Gasteiger partial charge is 0.496 e. The van der Waals surface area contributed by atoms with Crippen molar-refractivity contribution in [2.24, 2.45) is 0 Å². The van der Waals surface area contributed by atoms with Gasteiger partial charge in [0.1, 0.15) is 17.3 Å². The molecule has 1 heterocycles. The third-order valence-corrected chi connectivity index (χ3v) is 4.32. The zero-order valence-corrected chi connectivity index (χ0v) is 15.9. The number of hydrogen-bond acceptors (Lipinski definition) is 5. The normalized spacial score (nSPS) is 10.3. The van der Waals surface area contributed by atoms with Gasteiger partial charge in [0.25, 0.3) is 5.91 Å². The second-order valence-electron chi connectivity index (χ2n) is 6.27. The van der Waals surface area contributed by atoms with Crippen LogP contribution in [0.5, 0.6) is 5.75 Å². The number of para-hydroxylation sites is 1. The van der Waals surface area contributed by atoms with Gasteiger partial charge in [-0.3, -0.25) is 4.79 Å². The Morgan fingerprint density at radius 2 is 1.71 bits per heavy atom. The highest BCUT2D eigenvalue weighted by Gasteiger charge is 2.08. The summed E-state index contributed by atoms with van der Waals surface area (Å²) in [7, 11) is 1.67. The molecule has 0 saturated heterocycles. The highest BCUT2D eigenvalue weighted by Crippen LogP contribution is 2.17. The molecule has 0 spiro atoms. The van der Waals surface area contributed by atoms with Crippen molar-refractivity contribution in [3.63, 3.8) is 0 Å². The van der Waals surface area contributed by atoms with Crippen LogP contribution in [0, 0.1) is 0 Å². The summed E-state index contributed by atoms with van der Waals surface area (Å²) in [5.41, 5.74) is 2.62. The monoisotopic (exact) mass is 376 g/mol. The molecule has 3 aromatic rings. The van der Waals surface area contributed by atoms with Crippen molar-refractivity contribution >= 4 is 11.7 Å². The molecule has 3 rings (SSSR count). The lowest BCUT2D eigenvalue weighted by Crippen LogP contribution is -2.26. The predicted octanol–water partition coefficient (Wildman–Crippen LogP) is 3.11. The lowest BCUT2D eigenvalue weighted by atomic mass is 10.1. The molecule has 28 heavy (non-hydrogen) atoms. The van der Waals surface area contributed by atoms with E-state index in [4.69, 9.17) is 4.74 Å². The number of anilines is 1. The average Bonchev–Trinajstić information content (AvgIpc) is 2.75. The number of ether oxygens (including phenoxy) is 1. The molecule has 2 N–H and O–H groups in total. The highest BCUT2D eigenvalue weighted by atomic mass is 16.5. The SMILES string of the molecule is COc1ccccc1CCNc1cnc(C(=O)NCCc2ccccc2)cn1. The molecule has 0 radical (unpaired) electrons. The van der Waals surface area contributed by atoms with Crippen molar-refractivity contribution < 1.29 is 9.53 Å². The lowest BCUT2D eigenvalue weighted by Gasteiger charge is -2.09. The van der Waals surface area contributed by atoms with Gasteiger partial charge in [-0.05, 0) is 30.0 Å². The Bertz CT molecular complexity index is 883. The van der Waals surface area contributed by atoms with E-state index in [1.54, 1.807) is 13.3 Å². The molecule has 0 aliphatic heterocycles. The van der Waals surface area contributed by atoms with E-state index in [0.29, 0.717) is 24.6 Å². The maximum atomic E-state index is 12.2. The maximum absolute atomic E-state index is 12.2. The van der Waals surface area contributed by atoms with E-state index >= 15 is 0 Å². The molecule has 0 atom stereocenters. The zero-order chi connectivity index (χ0) is 19.6. The molecule has 0 aliphatic rings. The van der Waals surface area contributed by atoms with Crippen LogP contribution in [0.2, 0.25) is 0 Å². The molecular formula is C22H24N4O2. The van der Waals surface area contributed by atoms with Crippen LogP contribution in [0.4, 0.5) is 5.82 Å². The van der Waals surface area contributed by atoms with Gasteiger partial charge in [0.2, 0.25) is 0 Å². The minimum atomic E-state index is -0.219. The van der Waals surface area contributed by atoms with E-state index < -0.39 is 0 Å². The van der Waals surface area contributed by atoms with E-state index in [1.807, 2.05) is 54.6 Å². The van der Waals surface area contributed by atoms with Crippen molar-refractivity contribution in [1.29, 1.82) is 0 Å². The molecule has 0 unspecified atom stereocenters. The summed E-state index contributed by atoms with van der Waals surface area (Å²) in [6.45, 7) is 1.25. The summed E-state index contributed by atoms with van der Waals surface area (Å²) < 4.78 is 5.35. The Kier molecular flexibility index (Phi) is 6.95. The quantitative estimate of drug-likeness (QED) is 0.600. The van der Waals surface area contributed by atoms with Gasteiger partial charge >= 0.3 is 0 Å². The number of carbonyl (C=O) groups is 1. The molecular weight excluding hydrogens is 352 g/mol. The average molecular weight is 376 g/mol. The van der Waals surface area contributed by atoms with Crippen molar-refractivity contribution in [3.05, 3.63) is 83.8 Å². The standard InChI is InChI=1S/C22H24N4O2/c1-28-20-10-6-5-9-18(20)12-14-23-21-16-25-19(15-26-21)22(27)24-13-11-17-7-3-2-4-8-17/h2-10,15-16H,11-14H2,1H3,(H,23,26)(H,24,27). The minimum Gasteiger partial charge on any atom is -0.496 e. The lowest BCUT2D eigenvalue weighted by molar-refractivity contribution is 0.0949. The molecule has 6 heteroatoms. The van der Waals surface area contributed by atoms with Crippen LogP contribution in [-0.4, -0.2) is 36.1 Å². The number of hydrogen-bond donors (Lipinski definition) is 2. The van der Waals surface area contributed by atoms with Gasteiger partial charge < -0.3 is 15.4 Å². The van der Waals surface area contributed by atoms with E-state index in [2.05, 4.69) is 20.6 Å². The second kappa shape index (κ2) is 10.1.